The highest BCUT2D eigenvalue weighted by atomic mass is 16.2. The van der Waals surface area contributed by atoms with E-state index in [1.807, 2.05) is 0 Å². The molecule has 6 heteroatoms. The smallest absolute Gasteiger partial charge is 0.332 e. The van der Waals surface area contributed by atoms with Gasteiger partial charge in [-0.2, -0.15) is 0 Å². The number of nitrogens with zero attached hydrogens (tertiary/aromatic N) is 3. The van der Waals surface area contributed by atoms with E-state index in [1.54, 1.807) is 26.0 Å². The van der Waals surface area contributed by atoms with Crippen LogP contribution in [0.1, 0.15) is 0 Å². The minimum absolute atomic E-state index is 0.0830. The zero-order valence-electron chi connectivity index (χ0n) is 8.74. The van der Waals surface area contributed by atoms with Crippen LogP contribution in [-0.2, 0) is 14.1 Å². The SMILES string of the molecule is CN(C)c1c(N)c(=O)n(C)c(=O)n1C. The van der Waals surface area contributed by atoms with Crippen molar-refractivity contribution in [3.63, 3.8) is 0 Å². The lowest BCUT2D eigenvalue weighted by Crippen LogP contribution is -2.40. The molecular weight excluding hydrogens is 184 g/mol. The van der Waals surface area contributed by atoms with Gasteiger partial charge < -0.3 is 10.6 Å². The first kappa shape index (κ1) is 10.4. The summed E-state index contributed by atoms with van der Waals surface area (Å²) < 4.78 is 2.33. The predicted octanol–water partition coefficient (Wildman–Crippen LogP) is -1.27. The second-order valence-corrected chi connectivity index (χ2v) is 3.34. The largest absolute Gasteiger partial charge is 0.391 e. The molecule has 1 aromatic heterocycles. The van der Waals surface area contributed by atoms with Crippen LogP contribution < -0.4 is 21.9 Å². The first-order chi connectivity index (χ1) is 6.37. The van der Waals surface area contributed by atoms with Gasteiger partial charge in [-0.05, 0) is 0 Å². The lowest BCUT2D eigenvalue weighted by atomic mass is 10.4. The second kappa shape index (κ2) is 3.21. The Hall–Kier alpha value is -1.72. The van der Waals surface area contributed by atoms with Crippen LogP contribution in [0.3, 0.4) is 0 Å². The maximum atomic E-state index is 11.5. The highest BCUT2D eigenvalue weighted by molar-refractivity contribution is 5.60. The summed E-state index contributed by atoms with van der Waals surface area (Å²) in [7, 11) is 6.43. The average molecular weight is 198 g/mol. The first-order valence-corrected chi connectivity index (χ1v) is 4.10. The van der Waals surface area contributed by atoms with Crippen LogP contribution in [0.4, 0.5) is 11.5 Å². The normalized spacial score (nSPS) is 10.3. The molecule has 0 aliphatic carbocycles. The molecule has 0 spiro atoms. The Morgan fingerprint density at radius 1 is 1.14 bits per heavy atom. The monoisotopic (exact) mass is 198 g/mol. The molecule has 0 bridgehead atoms. The Labute approximate surface area is 81.2 Å². The zero-order chi connectivity index (χ0) is 11.0. The van der Waals surface area contributed by atoms with Crippen molar-refractivity contribution in [2.45, 2.75) is 0 Å². The third-order valence-corrected chi connectivity index (χ3v) is 2.09. The summed E-state index contributed by atoms with van der Waals surface area (Å²) in [6, 6.07) is 0. The van der Waals surface area contributed by atoms with Gasteiger partial charge in [0.05, 0.1) is 0 Å². The number of aromatic nitrogens is 2. The summed E-state index contributed by atoms with van der Waals surface area (Å²) >= 11 is 0. The number of anilines is 2. The Balaban J connectivity index is 3.78. The first-order valence-electron chi connectivity index (χ1n) is 4.10. The van der Waals surface area contributed by atoms with Crippen molar-refractivity contribution in [2.75, 3.05) is 24.7 Å². The number of rotatable bonds is 1. The van der Waals surface area contributed by atoms with E-state index >= 15 is 0 Å². The molecule has 0 fully saturated rings. The molecule has 0 atom stereocenters. The molecule has 1 rings (SSSR count). The molecule has 0 aromatic carbocycles. The Morgan fingerprint density at radius 2 is 1.64 bits per heavy atom. The summed E-state index contributed by atoms with van der Waals surface area (Å²) in [6.45, 7) is 0. The standard InChI is InChI=1S/C8H14N4O2/c1-10(2)6-5(9)7(13)12(4)8(14)11(6)3/h9H2,1-4H3. The van der Waals surface area contributed by atoms with E-state index in [1.165, 1.54) is 11.6 Å². The molecule has 2 N–H and O–H groups in total. The maximum absolute atomic E-state index is 11.5. The number of hydrogen-bond donors (Lipinski definition) is 1. The quantitative estimate of drug-likeness (QED) is 0.610. The molecular formula is C8H14N4O2. The summed E-state index contributed by atoms with van der Waals surface area (Å²) in [5.74, 6) is 0.429. The van der Waals surface area contributed by atoms with Crippen molar-refractivity contribution in [3.05, 3.63) is 20.8 Å². The van der Waals surface area contributed by atoms with Gasteiger partial charge in [0, 0.05) is 28.2 Å². The Bertz CT molecular complexity index is 432. The van der Waals surface area contributed by atoms with Crippen LogP contribution in [0.2, 0.25) is 0 Å². The van der Waals surface area contributed by atoms with E-state index in [2.05, 4.69) is 0 Å². The van der Waals surface area contributed by atoms with Gasteiger partial charge in [0.25, 0.3) is 5.56 Å². The van der Waals surface area contributed by atoms with Crippen molar-refractivity contribution in [1.29, 1.82) is 0 Å². The van der Waals surface area contributed by atoms with E-state index in [9.17, 15) is 9.59 Å². The summed E-state index contributed by atoms with van der Waals surface area (Å²) in [5.41, 5.74) is 4.86. The predicted molar refractivity (Wildman–Crippen MR) is 55.7 cm³/mol. The van der Waals surface area contributed by atoms with E-state index in [0.717, 1.165) is 4.57 Å². The van der Waals surface area contributed by atoms with Gasteiger partial charge in [-0.1, -0.05) is 0 Å². The van der Waals surface area contributed by atoms with Crippen LogP contribution in [0, 0.1) is 0 Å². The topological polar surface area (TPSA) is 73.3 Å². The van der Waals surface area contributed by atoms with Gasteiger partial charge >= 0.3 is 5.69 Å². The van der Waals surface area contributed by atoms with Crippen molar-refractivity contribution < 1.29 is 0 Å². The highest BCUT2D eigenvalue weighted by Crippen LogP contribution is 2.12. The Kier molecular flexibility index (Phi) is 2.37. The lowest BCUT2D eigenvalue weighted by molar-refractivity contribution is 0.684. The fraction of sp³-hybridized carbons (Fsp3) is 0.500. The van der Waals surface area contributed by atoms with Crippen molar-refractivity contribution in [2.24, 2.45) is 14.1 Å². The molecule has 14 heavy (non-hydrogen) atoms. The van der Waals surface area contributed by atoms with E-state index in [4.69, 9.17) is 5.73 Å². The molecule has 1 aromatic rings. The van der Waals surface area contributed by atoms with Crippen LogP contribution >= 0.6 is 0 Å². The minimum Gasteiger partial charge on any atom is -0.391 e. The molecule has 0 aliphatic heterocycles. The van der Waals surface area contributed by atoms with Crippen LogP contribution in [0.15, 0.2) is 9.59 Å². The van der Waals surface area contributed by atoms with Gasteiger partial charge in [0.15, 0.2) is 0 Å². The fourth-order valence-corrected chi connectivity index (χ4v) is 1.40. The number of nitrogens with two attached hydrogens (primary N) is 1. The van der Waals surface area contributed by atoms with Crippen molar-refractivity contribution in [3.8, 4) is 0 Å². The lowest BCUT2D eigenvalue weighted by Gasteiger charge is -2.18. The molecule has 78 valence electrons. The van der Waals surface area contributed by atoms with Crippen LogP contribution in [0.25, 0.3) is 0 Å². The summed E-state index contributed by atoms with van der Waals surface area (Å²) in [5, 5.41) is 0. The van der Waals surface area contributed by atoms with Gasteiger partial charge in [0.2, 0.25) is 0 Å². The zero-order valence-corrected chi connectivity index (χ0v) is 8.74. The van der Waals surface area contributed by atoms with Crippen molar-refractivity contribution >= 4 is 11.5 Å². The molecule has 6 nitrogen and oxygen atoms in total. The van der Waals surface area contributed by atoms with Crippen LogP contribution in [0.5, 0.6) is 0 Å². The number of hydrogen-bond acceptors (Lipinski definition) is 4. The third kappa shape index (κ3) is 1.28. The molecule has 0 aliphatic rings. The maximum Gasteiger partial charge on any atom is 0.332 e. The molecule has 1 heterocycles. The molecule has 0 saturated heterocycles. The van der Waals surface area contributed by atoms with Gasteiger partial charge in [-0.25, -0.2) is 4.79 Å². The van der Waals surface area contributed by atoms with Gasteiger partial charge in [-0.15, -0.1) is 0 Å². The van der Waals surface area contributed by atoms with Gasteiger partial charge in [0.1, 0.15) is 11.5 Å². The minimum atomic E-state index is -0.461. The Morgan fingerprint density at radius 3 is 2.07 bits per heavy atom. The molecule has 0 saturated carbocycles. The average Bonchev–Trinajstić information content (AvgIpc) is 2.11. The van der Waals surface area contributed by atoms with E-state index < -0.39 is 5.56 Å². The number of nitrogen functional groups attached to an aromatic ring is 1. The van der Waals surface area contributed by atoms with Gasteiger partial charge in [-0.3, -0.25) is 13.9 Å². The van der Waals surface area contributed by atoms with E-state index in [-0.39, 0.29) is 11.4 Å². The molecule has 0 amide bonds. The third-order valence-electron chi connectivity index (χ3n) is 2.09. The highest BCUT2D eigenvalue weighted by Gasteiger charge is 2.13. The second-order valence-electron chi connectivity index (χ2n) is 3.34. The van der Waals surface area contributed by atoms with E-state index in [0.29, 0.717) is 5.82 Å². The van der Waals surface area contributed by atoms with Crippen molar-refractivity contribution in [1.82, 2.24) is 9.13 Å². The van der Waals surface area contributed by atoms with Crippen LogP contribution in [-0.4, -0.2) is 23.2 Å². The molecule has 0 radical (unpaired) electrons. The fourth-order valence-electron chi connectivity index (χ4n) is 1.40. The summed E-state index contributed by atoms with van der Waals surface area (Å²) in [4.78, 5) is 24.6. The molecule has 0 unspecified atom stereocenters. The summed E-state index contributed by atoms with van der Waals surface area (Å²) in [6.07, 6.45) is 0.